The van der Waals surface area contributed by atoms with Gasteiger partial charge in [0.15, 0.2) is 12.4 Å². The number of aromatic nitrogens is 2. The van der Waals surface area contributed by atoms with E-state index in [1.807, 2.05) is 53.5 Å². The molecular formula is C18H17BrN2O3S. The van der Waals surface area contributed by atoms with E-state index in [1.165, 1.54) is 0 Å². The summed E-state index contributed by atoms with van der Waals surface area (Å²) in [7, 11) is -4.14. The maximum atomic E-state index is 10.6. The summed E-state index contributed by atoms with van der Waals surface area (Å²) < 4.78 is 34.7. The zero-order valence-corrected chi connectivity index (χ0v) is 15.8. The molecule has 0 saturated carbocycles. The van der Waals surface area contributed by atoms with Gasteiger partial charge in [-0.2, -0.15) is 0 Å². The Kier molecular flexibility index (Phi) is 5.36. The fraction of sp³-hybridized carbons (Fsp3) is 0.167. The summed E-state index contributed by atoms with van der Waals surface area (Å²) in [6.45, 7) is 0.502. The number of rotatable bonds is 6. The van der Waals surface area contributed by atoms with Crippen LogP contribution in [0.2, 0.25) is 0 Å². The quantitative estimate of drug-likeness (QED) is 0.490. The van der Waals surface area contributed by atoms with E-state index in [0.29, 0.717) is 13.0 Å². The average Bonchev–Trinajstić information content (AvgIpc) is 2.95. The van der Waals surface area contributed by atoms with E-state index >= 15 is 0 Å². The maximum Gasteiger partial charge on any atom is 0.169 e. The molecule has 25 heavy (non-hydrogen) atoms. The molecule has 0 bridgehead atoms. The van der Waals surface area contributed by atoms with Crippen molar-refractivity contribution in [1.82, 2.24) is 4.98 Å². The first-order chi connectivity index (χ1) is 11.9. The van der Waals surface area contributed by atoms with E-state index in [4.69, 9.17) is 0 Å². The smallest absolute Gasteiger partial charge is 0.169 e. The van der Waals surface area contributed by atoms with Crippen LogP contribution < -0.4 is 4.57 Å². The first-order valence-corrected chi connectivity index (χ1v) is 10.2. The molecule has 1 N–H and O–H groups in total. The van der Waals surface area contributed by atoms with E-state index in [2.05, 4.69) is 33.1 Å². The second-order valence-corrected chi connectivity index (χ2v) is 8.19. The van der Waals surface area contributed by atoms with Crippen LogP contribution in [-0.2, 0) is 16.7 Å². The van der Waals surface area contributed by atoms with Gasteiger partial charge in [0.1, 0.15) is 6.54 Å². The fourth-order valence-electron chi connectivity index (χ4n) is 2.59. The highest BCUT2D eigenvalue weighted by molar-refractivity contribution is 9.10. The van der Waals surface area contributed by atoms with Gasteiger partial charge in [0.2, 0.25) is 0 Å². The van der Waals surface area contributed by atoms with Crippen LogP contribution in [0.1, 0.15) is 17.5 Å². The summed E-state index contributed by atoms with van der Waals surface area (Å²) in [5, 5.41) is 1.15. The molecule has 3 aromatic rings. The average molecular weight is 421 g/mol. The Labute approximate surface area is 154 Å². The molecule has 0 radical (unpaired) electrons. The number of halogens is 1. The molecule has 0 amide bonds. The molecule has 1 aromatic carbocycles. The van der Waals surface area contributed by atoms with Gasteiger partial charge in [0, 0.05) is 45.9 Å². The molecule has 0 spiro atoms. The lowest BCUT2D eigenvalue weighted by Gasteiger charge is -2.04. The van der Waals surface area contributed by atoms with Crippen molar-refractivity contribution < 1.29 is 17.5 Å². The number of pyridine rings is 1. The van der Waals surface area contributed by atoms with E-state index in [-0.39, 0.29) is 5.75 Å². The van der Waals surface area contributed by atoms with Gasteiger partial charge in [-0.15, -0.1) is 0 Å². The minimum absolute atomic E-state index is 0.315. The van der Waals surface area contributed by atoms with Crippen LogP contribution >= 0.6 is 15.9 Å². The number of nitrogens with zero attached hydrogens (tertiary/aromatic N) is 1. The Morgan fingerprint density at radius 2 is 1.92 bits per heavy atom. The molecule has 3 rings (SSSR count). The molecule has 0 fully saturated rings. The van der Waals surface area contributed by atoms with Crippen LogP contribution in [0.3, 0.4) is 0 Å². The Balaban J connectivity index is 1.68. The van der Waals surface area contributed by atoms with Crippen LogP contribution in [-0.4, -0.2) is 23.7 Å². The van der Waals surface area contributed by atoms with Crippen LogP contribution in [0, 0.1) is 0 Å². The van der Waals surface area contributed by atoms with Crippen molar-refractivity contribution in [2.45, 2.75) is 13.0 Å². The van der Waals surface area contributed by atoms with E-state index in [1.54, 1.807) is 0 Å². The molecular weight excluding hydrogens is 404 g/mol. The third-order valence-electron chi connectivity index (χ3n) is 3.86. The number of hydrogen-bond acceptors (Lipinski definition) is 3. The van der Waals surface area contributed by atoms with E-state index in [9.17, 15) is 13.0 Å². The monoisotopic (exact) mass is 420 g/mol. The Hall–Kier alpha value is -1.96. The molecule has 2 aromatic heterocycles. The van der Waals surface area contributed by atoms with Gasteiger partial charge in [-0.3, -0.25) is 0 Å². The van der Waals surface area contributed by atoms with Gasteiger partial charge in [0.25, 0.3) is 0 Å². The van der Waals surface area contributed by atoms with Crippen molar-refractivity contribution in [2.75, 3.05) is 5.75 Å². The predicted octanol–water partition coefficient (Wildman–Crippen LogP) is 3.32. The topological polar surface area (TPSA) is 76.9 Å². The number of hydrogen-bond donors (Lipinski definition) is 1. The normalized spacial score (nSPS) is 12.2. The van der Waals surface area contributed by atoms with Crippen molar-refractivity contribution in [2.24, 2.45) is 0 Å². The molecule has 0 atom stereocenters. The Morgan fingerprint density at radius 3 is 2.64 bits per heavy atom. The molecule has 0 aliphatic carbocycles. The number of nitrogens with one attached hydrogen (secondary N) is 1. The highest BCUT2D eigenvalue weighted by Gasteiger charge is 2.04. The molecule has 2 heterocycles. The maximum absolute atomic E-state index is 10.6. The second kappa shape index (κ2) is 7.51. The third-order valence-corrected chi connectivity index (χ3v) is 5.14. The molecule has 130 valence electrons. The fourth-order valence-corrected chi connectivity index (χ4v) is 3.43. The highest BCUT2D eigenvalue weighted by atomic mass is 79.9. The molecule has 0 aliphatic rings. The molecule has 5 nitrogen and oxygen atoms in total. The predicted molar refractivity (Wildman–Crippen MR) is 101 cm³/mol. The minimum atomic E-state index is -4.14. The van der Waals surface area contributed by atoms with Crippen LogP contribution in [0.15, 0.2) is 53.4 Å². The molecule has 0 saturated heterocycles. The molecule has 7 heteroatoms. The first kappa shape index (κ1) is 17.8. The number of fused-ring (bicyclic) bond motifs is 1. The Bertz CT molecular complexity index is 1010. The van der Waals surface area contributed by atoms with Gasteiger partial charge in [-0.1, -0.05) is 28.1 Å². The van der Waals surface area contributed by atoms with E-state index < -0.39 is 10.1 Å². The standard InChI is InChI=1S/C18H17BrN2O3S/c19-16-4-5-18-17(12-16)15(13-20-18)3-2-14-6-9-21(10-7-14)8-1-11-25(22,23)24/h2-7,9-10,12-13H,1,8,11H2,(H,22,23,24). The lowest BCUT2D eigenvalue weighted by Crippen LogP contribution is -2.33. The molecule has 0 unspecified atom stereocenters. The minimum Gasteiger partial charge on any atom is -0.748 e. The lowest BCUT2D eigenvalue weighted by atomic mass is 10.1. The van der Waals surface area contributed by atoms with Crippen molar-refractivity contribution in [1.29, 1.82) is 0 Å². The van der Waals surface area contributed by atoms with Gasteiger partial charge < -0.3 is 9.54 Å². The summed E-state index contributed by atoms with van der Waals surface area (Å²) in [5.41, 5.74) is 3.23. The van der Waals surface area contributed by atoms with Crippen LogP contribution in [0.5, 0.6) is 0 Å². The highest BCUT2D eigenvalue weighted by Crippen LogP contribution is 2.24. The van der Waals surface area contributed by atoms with Gasteiger partial charge in [-0.05, 0) is 29.3 Å². The SMILES string of the molecule is O=S(=O)([O-])CCC[n+]1ccc(C=Cc2c[nH]c3ccc(Br)cc23)cc1. The van der Waals surface area contributed by atoms with Gasteiger partial charge in [-0.25, -0.2) is 13.0 Å². The van der Waals surface area contributed by atoms with Gasteiger partial charge in [0.05, 0.1) is 10.1 Å². The van der Waals surface area contributed by atoms with E-state index in [0.717, 1.165) is 26.5 Å². The van der Waals surface area contributed by atoms with Crippen LogP contribution in [0.4, 0.5) is 0 Å². The summed E-state index contributed by atoms with van der Waals surface area (Å²) >= 11 is 3.49. The zero-order chi connectivity index (χ0) is 17.9. The summed E-state index contributed by atoms with van der Waals surface area (Å²) in [6.07, 6.45) is 10.1. The van der Waals surface area contributed by atoms with Crippen molar-refractivity contribution in [3.63, 3.8) is 0 Å². The van der Waals surface area contributed by atoms with Gasteiger partial charge >= 0.3 is 0 Å². The Morgan fingerprint density at radius 1 is 1.16 bits per heavy atom. The number of benzene rings is 1. The van der Waals surface area contributed by atoms with Crippen LogP contribution in [0.25, 0.3) is 23.1 Å². The van der Waals surface area contributed by atoms with Crippen molar-refractivity contribution in [3.8, 4) is 0 Å². The summed E-state index contributed by atoms with van der Waals surface area (Å²) in [6, 6.07) is 10.0. The number of aryl methyl sites for hydroxylation is 1. The number of H-pyrrole nitrogens is 1. The summed E-state index contributed by atoms with van der Waals surface area (Å²) in [5.74, 6) is -0.336. The second-order valence-electron chi connectivity index (χ2n) is 5.75. The zero-order valence-electron chi connectivity index (χ0n) is 13.4. The third kappa shape index (κ3) is 5.01. The largest absolute Gasteiger partial charge is 0.748 e. The number of aromatic amines is 1. The lowest BCUT2D eigenvalue weighted by molar-refractivity contribution is -0.696. The van der Waals surface area contributed by atoms with Crippen molar-refractivity contribution in [3.05, 3.63) is 64.5 Å². The van der Waals surface area contributed by atoms with Crippen molar-refractivity contribution >= 4 is 49.1 Å². The summed E-state index contributed by atoms with van der Waals surface area (Å²) in [4.78, 5) is 3.25. The first-order valence-electron chi connectivity index (χ1n) is 7.78. The molecule has 0 aliphatic heterocycles.